The van der Waals surface area contributed by atoms with Crippen molar-refractivity contribution in [3.8, 4) is 0 Å². The van der Waals surface area contributed by atoms with Crippen LogP contribution in [0.15, 0.2) is 59.1 Å². The Morgan fingerprint density at radius 1 is 1.00 bits per heavy atom. The molecule has 126 valence electrons. The van der Waals surface area contributed by atoms with Crippen LogP contribution < -0.4 is 10.2 Å². The fourth-order valence-electron chi connectivity index (χ4n) is 2.95. The lowest BCUT2D eigenvalue weighted by molar-refractivity contribution is -0.120. The molecular formula is C19H22BrN3O. The number of para-hydroxylation sites is 1. The Kier molecular flexibility index (Phi) is 5.53. The summed E-state index contributed by atoms with van der Waals surface area (Å²) in [6.45, 7) is 5.65. The molecule has 0 saturated carbocycles. The summed E-state index contributed by atoms with van der Waals surface area (Å²) < 4.78 is 1.01. The van der Waals surface area contributed by atoms with E-state index in [1.54, 1.807) is 0 Å². The van der Waals surface area contributed by atoms with Crippen molar-refractivity contribution in [2.45, 2.75) is 13.0 Å². The number of halogens is 1. The minimum Gasteiger partial charge on any atom is -0.369 e. The molecule has 1 aliphatic rings. The van der Waals surface area contributed by atoms with Gasteiger partial charge in [-0.15, -0.1) is 0 Å². The molecule has 1 atom stereocenters. The highest BCUT2D eigenvalue weighted by Crippen LogP contribution is 2.18. The van der Waals surface area contributed by atoms with Gasteiger partial charge in [0, 0.05) is 42.0 Å². The molecule has 1 saturated heterocycles. The molecule has 0 bridgehead atoms. The Morgan fingerprint density at radius 2 is 1.62 bits per heavy atom. The van der Waals surface area contributed by atoms with Crippen LogP contribution in [0, 0.1) is 0 Å². The van der Waals surface area contributed by atoms with E-state index in [1.165, 1.54) is 5.69 Å². The Balaban J connectivity index is 1.53. The average Bonchev–Trinajstić information content (AvgIpc) is 2.64. The highest BCUT2D eigenvalue weighted by molar-refractivity contribution is 9.10. The maximum atomic E-state index is 12.5. The van der Waals surface area contributed by atoms with Gasteiger partial charge in [-0.25, -0.2) is 0 Å². The van der Waals surface area contributed by atoms with Gasteiger partial charge in [0.2, 0.25) is 5.91 Å². The summed E-state index contributed by atoms with van der Waals surface area (Å²) in [4.78, 5) is 17.1. The van der Waals surface area contributed by atoms with Crippen LogP contribution in [0.4, 0.5) is 11.4 Å². The van der Waals surface area contributed by atoms with Crippen molar-refractivity contribution < 1.29 is 4.79 Å². The van der Waals surface area contributed by atoms with Crippen molar-refractivity contribution in [2.75, 3.05) is 36.4 Å². The van der Waals surface area contributed by atoms with Crippen LogP contribution >= 0.6 is 15.9 Å². The van der Waals surface area contributed by atoms with Gasteiger partial charge in [-0.1, -0.05) is 34.1 Å². The molecule has 2 aromatic carbocycles. The van der Waals surface area contributed by atoms with Crippen LogP contribution in [0.2, 0.25) is 0 Å². The van der Waals surface area contributed by atoms with Crippen molar-refractivity contribution in [3.63, 3.8) is 0 Å². The number of rotatable bonds is 4. The SMILES string of the molecule is CC(C(=O)Nc1ccc(Br)cc1)N1CCN(c2ccccc2)CC1. The molecule has 0 spiro atoms. The predicted molar refractivity (Wildman–Crippen MR) is 102 cm³/mol. The molecule has 4 nitrogen and oxygen atoms in total. The molecule has 2 aromatic rings. The molecular weight excluding hydrogens is 366 g/mol. The van der Waals surface area contributed by atoms with Gasteiger partial charge in [0.15, 0.2) is 0 Å². The van der Waals surface area contributed by atoms with E-state index in [2.05, 4.69) is 55.3 Å². The van der Waals surface area contributed by atoms with Crippen molar-refractivity contribution in [2.24, 2.45) is 0 Å². The Labute approximate surface area is 151 Å². The Bertz CT molecular complexity index is 667. The summed E-state index contributed by atoms with van der Waals surface area (Å²) in [5.41, 5.74) is 2.09. The van der Waals surface area contributed by atoms with Crippen LogP contribution in [0.5, 0.6) is 0 Å². The van der Waals surface area contributed by atoms with Gasteiger partial charge in [-0.05, 0) is 43.3 Å². The first kappa shape index (κ1) is 17.0. The molecule has 0 radical (unpaired) electrons. The summed E-state index contributed by atoms with van der Waals surface area (Å²) in [5, 5.41) is 2.99. The smallest absolute Gasteiger partial charge is 0.241 e. The van der Waals surface area contributed by atoms with Gasteiger partial charge in [0.25, 0.3) is 0 Å². The number of carbonyl (C=O) groups is 1. The molecule has 1 amide bonds. The number of amides is 1. The largest absolute Gasteiger partial charge is 0.369 e. The number of hydrogen-bond acceptors (Lipinski definition) is 3. The summed E-state index contributed by atoms with van der Waals surface area (Å²) in [6.07, 6.45) is 0. The molecule has 1 unspecified atom stereocenters. The minimum atomic E-state index is -0.133. The molecule has 0 aromatic heterocycles. The van der Waals surface area contributed by atoms with E-state index in [9.17, 15) is 4.79 Å². The predicted octanol–water partition coefficient (Wildman–Crippen LogP) is 3.60. The van der Waals surface area contributed by atoms with Gasteiger partial charge in [0.05, 0.1) is 6.04 Å². The fourth-order valence-corrected chi connectivity index (χ4v) is 3.22. The molecule has 24 heavy (non-hydrogen) atoms. The lowest BCUT2D eigenvalue weighted by atomic mass is 10.2. The summed E-state index contributed by atoms with van der Waals surface area (Å²) >= 11 is 3.40. The molecule has 3 rings (SSSR count). The molecule has 5 heteroatoms. The third kappa shape index (κ3) is 4.16. The van der Waals surface area contributed by atoms with E-state index in [1.807, 2.05) is 37.3 Å². The first-order chi connectivity index (χ1) is 11.6. The van der Waals surface area contributed by atoms with Gasteiger partial charge in [0.1, 0.15) is 0 Å². The molecule has 1 heterocycles. The molecule has 1 N–H and O–H groups in total. The number of hydrogen-bond donors (Lipinski definition) is 1. The van der Waals surface area contributed by atoms with E-state index in [4.69, 9.17) is 0 Å². The topological polar surface area (TPSA) is 35.6 Å². The van der Waals surface area contributed by atoms with Crippen molar-refractivity contribution in [1.29, 1.82) is 0 Å². The van der Waals surface area contributed by atoms with E-state index in [0.717, 1.165) is 36.3 Å². The quantitative estimate of drug-likeness (QED) is 0.870. The highest BCUT2D eigenvalue weighted by atomic mass is 79.9. The summed E-state index contributed by atoms with van der Waals surface area (Å²) in [6, 6.07) is 18.0. The van der Waals surface area contributed by atoms with E-state index >= 15 is 0 Å². The van der Waals surface area contributed by atoms with E-state index < -0.39 is 0 Å². The highest BCUT2D eigenvalue weighted by Gasteiger charge is 2.25. The van der Waals surface area contributed by atoms with Crippen molar-refractivity contribution in [3.05, 3.63) is 59.1 Å². The standard InChI is InChI=1S/C19H22BrN3O/c1-15(19(24)21-17-9-7-16(20)8-10-17)22-11-13-23(14-12-22)18-5-3-2-4-6-18/h2-10,15H,11-14H2,1H3,(H,21,24). The van der Waals surface area contributed by atoms with Crippen LogP contribution in [0.1, 0.15) is 6.92 Å². The summed E-state index contributed by atoms with van der Waals surface area (Å²) in [7, 11) is 0. The normalized spacial score (nSPS) is 16.7. The fraction of sp³-hybridized carbons (Fsp3) is 0.316. The molecule has 0 aliphatic carbocycles. The van der Waals surface area contributed by atoms with Gasteiger partial charge in [-0.3, -0.25) is 9.69 Å². The second-order valence-corrected chi connectivity index (χ2v) is 6.95. The van der Waals surface area contributed by atoms with Gasteiger partial charge in [-0.2, -0.15) is 0 Å². The zero-order chi connectivity index (χ0) is 16.9. The average molecular weight is 388 g/mol. The zero-order valence-electron chi connectivity index (χ0n) is 13.8. The van der Waals surface area contributed by atoms with Gasteiger partial charge < -0.3 is 10.2 Å². The Morgan fingerprint density at radius 3 is 2.25 bits per heavy atom. The maximum Gasteiger partial charge on any atom is 0.241 e. The lowest BCUT2D eigenvalue weighted by Gasteiger charge is -2.38. The monoisotopic (exact) mass is 387 g/mol. The lowest BCUT2D eigenvalue weighted by Crippen LogP contribution is -2.52. The maximum absolute atomic E-state index is 12.5. The number of nitrogens with one attached hydrogen (secondary N) is 1. The third-order valence-electron chi connectivity index (χ3n) is 4.47. The van der Waals surface area contributed by atoms with Crippen LogP contribution in [0.25, 0.3) is 0 Å². The zero-order valence-corrected chi connectivity index (χ0v) is 15.4. The first-order valence-electron chi connectivity index (χ1n) is 8.24. The van der Waals surface area contributed by atoms with Crippen molar-refractivity contribution in [1.82, 2.24) is 4.90 Å². The first-order valence-corrected chi connectivity index (χ1v) is 9.03. The Hall–Kier alpha value is -1.85. The number of nitrogens with zero attached hydrogens (tertiary/aromatic N) is 2. The van der Waals surface area contributed by atoms with Crippen molar-refractivity contribution >= 4 is 33.2 Å². The van der Waals surface area contributed by atoms with Crippen LogP contribution in [0.3, 0.4) is 0 Å². The number of piperazine rings is 1. The van der Waals surface area contributed by atoms with Gasteiger partial charge >= 0.3 is 0 Å². The number of carbonyl (C=O) groups excluding carboxylic acids is 1. The van der Waals surface area contributed by atoms with E-state index in [-0.39, 0.29) is 11.9 Å². The number of anilines is 2. The van der Waals surface area contributed by atoms with Crippen LogP contribution in [-0.4, -0.2) is 43.0 Å². The number of benzene rings is 2. The third-order valence-corrected chi connectivity index (χ3v) is 5.00. The minimum absolute atomic E-state index is 0.0467. The molecule has 1 aliphatic heterocycles. The van der Waals surface area contributed by atoms with E-state index in [0.29, 0.717) is 0 Å². The molecule has 1 fully saturated rings. The van der Waals surface area contributed by atoms with Crippen LogP contribution in [-0.2, 0) is 4.79 Å². The second kappa shape index (κ2) is 7.81. The summed E-state index contributed by atoms with van der Waals surface area (Å²) in [5.74, 6) is 0.0467. The second-order valence-electron chi connectivity index (χ2n) is 6.03.